The van der Waals surface area contributed by atoms with Crippen molar-refractivity contribution in [2.45, 2.75) is 32.7 Å². The number of nitrogens with one attached hydrogen (secondary N) is 1. The molecule has 0 unspecified atom stereocenters. The van der Waals surface area contributed by atoms with E-state index in [9.17, 15) is 14.4 Å². The minimum atomic E-state index is -1.86. The van der Waals surface area contributed by atoms with Gasteiger partial charge < -0.3 is 15.5 Å². The molecule has 86 valence electrons. The van der Waals surface area contributed by atoms with Crippen LogP contribution in [0, 0.1) is 5.92 Å². The first-order valence-electron chi connectivity index (χ1n) is 4.69. The fourth-order valence-electron chi connectivity index (χ4n) is 1.15. The molecule has 0 heterocycles. The minimum Gasteiger partial charge on any atom is -0.479 e. The SMILES string of the molecule is CCC(CC)C(=O)NC(C(=O)O)C(=O)O. The smallest absolute Gasteiger partial charge is 0.338 e. The number of carboxylic acid groups (broad SMARTS) is 2. The van der Waals surface area contributed by atoms with Crippen LogP contribution in [0.5, 0.6) is 0 Å². The summed E-state index contributed by atoms with van der Waals surface area (Å²) in [6.07, 6.45) is 1.10. The van der Waals surface area contributed by atoms with Gasteiger partial charge in [-0.25, -0.2) is 9.59 Å². The lowest BCUT2D eigenvalue weighted by Crippen LogP contribution is -2.48. The van der Waals surface area contributed by atoms with Gasteiger partial charge >= 0.3 is 11.9 Å². The number of amides is 1. The zero-order chi connectivity index (χ0) is 12.0. The second kappa shape index (κ2) is 6.00. The first-order valence-corrected chi connectivity index (χ1v) is 4.69. The average Bonchev–Trinajstić information content (AvgIpc) is 2.15. The van der Waals surface area contributed by atoms with Gasteiger partial charge in [0.15, 0.2) is 0 Å². The van der Waals surface area contributed by atoms with E-state index in [1.54, 1.807) is 13.8 Å². The maximum Gasteiger partial charge on any atom is 0.338 e. The summed E-state index contributed by atoms with van der Waals surface area (Å²) < 4.78 is 0. The van der Waals surface area contributed by atoms with Gasteiger partial charge in [0, 0.05) is 5.92 Å². The highest BCUT2D eigenvalue weighted by atomic mass is 16.4. The topological polar surface area (TPSA) is 104 Å². The van der Waals surface area contributed by atoms with E-state index >= 15 is 0 Å². The van der Waals surface area contributed by atoms with Gasteiger partial charge in [-0.1, -0.05) is 13.8 Å². The molecule has 6 heteroatoms. The van der Waals surface area contributed by atoms with Crippen LogP contribution in [0.1, 0.15) is 26.7 Å². The quantitative estimate of drug-likeness (QED) is 0.546. The van der Waals surface area contributed by atoms with Crippen LogP contribution < -0.4 is 5.32 Å². The van der Waals surface area contributed by atoms with Crippen molar-refractivity contribution in [2.75, 3.05) is 0 Å². The molecule has 0 aliphatic heterocycles. The summed E-state index contributed by atoms with van der Waals surface area (Å²) in [5.74, 6) is -4.01. The van der Waals surface area contributed by atoms with Crippen molar-refractivity contribution in [3.05, 3.63) is 0 Å². The number of carbonyl (C=O) groups excluding carboxylic acids is 1. The van der Waals surface area contributed by atoms with E-state index < -0.39 is 23.9 Å². The van der Waals surface area contributed by atoms with Gasteiger partial charge in [0.1, 0.15) is 0 Å². The number of hydrogen-bond acceptors (Lipinski definition) is 3. The summed E-state index contributed by atoms with van der Waals surface area (Å²) in [4.78, 5) is 32.3. The molecule has 0 fully saturated rings. The fraction of sp³-hybridized carbons (Fsp3) is 0.667. The molecule has 0 radical (unpaired) electrons. The van der Waals surface area contributed by atoms with Crippen LogP contribution in [0.3, 0.4) is 0 Å². The molecule has 1 amide bonds. The number of hydrogen-bond donors (Lipinski definition) is 3. The average molecular weight is 217 g/mol. The molecule has 0 saturated carbocycles. The Balaban J connectivity index is 4.48. The molecule has 6 nitrogen and oxygen atoms in total. The third kappa shape index (κ3) is 3.97. The monoisotopic (exact) mass is 217 g/mol. The van der Waals surface area contributed by atoms with Crippen molar-refractivity contribution >= 4 is 17.8 Å². The number of carboxylic acids is 2. The highest BCUT2D eigenvalue weighted by Gasteiger charge is 2.29. The highest BCUT2D eigenvalue weighted by molar-refractivity contribution is 6.01. The maximum atomic E-state index is 11.4. The molecule has 0 saturated heterocycles. The Morgan fingerprint density at radius 3 is 1.73 bits per heavy atom. The predicted molar refractivity (Wildman–Crippen MR) is 51.3 cm³/mol. The first kappa shape index (κ1) is 13.4. The van der Waals surface area contributed by atoms with Crippen LogP contribution in [0.25, 0.3) is 0 Å². The number of aliphatic carboxylic acids is 2. The molecule has 0 spiro atoms. The van der Waals surface area contributed by atoms with Gasteiger partial charge in [0.2, 0.25) is 11.9 Å². The van der Waals surface area contributed by atoms with Gasteiger partial charge in [-0.2, -0.15) is 0 Å². The Labute approximate surface area is 87.3 Å². The van der Waals surface area contributed by atoms with E-state index in [4.69, 9.17) is 10.2 Å². The summed E-state index contributed by atoms with van der Waals surface area (Å²) in [6.45, 7) is 3.56. The molecule has 0 aromatic heterocycles. The van der Waals surface area contributed by atoms with Gasteiger partial charge in [0.25, 0.3) is 0 Å². The second-order valence-electron chi connectivity index (χ2n) is 3.13. The molecule has 0 atom stereocenters. The van der Waals surface area contributed by atoms with E-state index in [2.05, 4.69) is 0 Å². The first-order chi connectivity index (χ1) is 6.93. The summed E-state index contributed by atoms with van der Waals surface area (Å²) >= 11 is 0. The lowest BCUT2D eigenvalue weighted by atomic mass is 10.0. The third-order valence-electron chi connectivity index (χ3n) is 2.14. The summed E-state index contributed by atoms with van der Waals surface area (Å²) in [5, 5.41) is 19.0. The van der Waals surface area contributed by atoms with E-state index in [1.165, 1.54) is 0 Å². The fourth-order valence-corrected chi connectivity index (χ4v) is 1.15. The highest BCUT2D eigenvalue weighted by Crippen LogP contribution is 2.07. The van der Waals surface area contributed by atoms with Crippen LogP contribution in [0.15, 0.2) is 0 Å². The van der Waals surface area contributed by atoms with Gasteiger partial charge in [-0.05, 0) is 12.8 Å². The van der Waals surface area contributed by atoms with Crippen LogP contribution in [-0.4, -0.2) is 34.1 Å². The normalized spacial score (nSPS) is 10.4. The van der Waals surface area contributed by atoms with E-state index in [1.807, 2.05) is 5.32 Å². The van der Waals surface area contributed by atoms with Gasteiger partial charge in [0.05, 0.1) is 0 Å². The van der Waals surface area contributed by atoms with Crippen molar-refractivity contribution in [1.82, 2.24) is 5.32 Å². The Bertz CT molecular complexity index is 245. The lowest BCUT2D eigenvalue weighted by Gasteiger charge is -2.15. The minimum absolute atomic E-state index is 0.341. The van der Waals surface area contributed by atoms with Crippen molar-refractivity contribution in [1.29, 1.82) is 0 Å². The molecule has 0 aliphatic carbocycles. The Morgan fingerprint density at radius 1 is 1.07 bits per heavy atom. The lowest BCUT2D eigenvalue weighted by molar-refractivity contribution is -0.153. The maximum absolute atomic E-state index is 11.4. The molecule has 0 bridgehead atoms. The number of rotatable bonds is 6. The molecule has 0 aromatic carbocycles. The van der Waals surface area contributed by atoms with Crippen molar-refractivity contribution < 1.29 is 24.6 Å². The van der Waals surface area contributed by atoms with E-state index in [-0.39, 0.29) is 5.92 Å². The zero-order valence-electron chi connectivity index (χ0n) is 8.69. The molecular weight excluding hydrogens is 202 g/mol. The molecule has 3 N–H and O–H groups in total. The summed E-state index contributed by atoms with van der Waals surface area (Å²) in [7, 11) is 0. The Morgan fingerprint density at radius 2 is 1.47 bits per heavy atom. The predicted octanol–water partition coefficient (Wildman–Crippen LogP) is 0.0766. The second-order valence-corrected chi connectivity index (χ2v) is 3.13. The Hall–Kier alpha value is -1.59. The van der Waals surface area contributed by atoms with Crippen molar-refractivity contribution in [3.63, 3.8) is 0 Å². The molecule has 0 aliphatic rings. The van der Waals surface area contributed by atoms with Gasteiger partial charge in [-0.3, -0.25) is 4.79 Å². The number of carbonyl (C=O) groups is 3. The molecular formula is C9H15NO5. The third-order valence-corrected chi connectivity index (χ3v) is 2.14. The Kier molecular flexibility index (Phi) is 5.36. The van der Waals surface area contributed by atoms with E-state index in [0.717, 1.165) is 0 Å². The summed E-state index contributed by atoms with van der Waals surface area (Å²) in [5.41, 5.74) is 0. The molecule has 15 heavy (non-hydrogen) atoms. The van der Waals surface area contributed by atoms with Crippen molar-refractivity contribution in [3.8, 4) is 0 Å². The molecule has 0 aromatic rings. The largest absolute Gasteiger partial charge is 0.479 e. The summed E-state index contributed by atoms with van der Waals surface area (Å²) in [6, 6.07) is -1.86. The van der Waals surface area contributed by atoms with Crippen molar-refractivity contribution in [2.24, 2.45) is 5.92 Å². The van der Waals surface area contributed by atoms with Crippen LogP contribution in [-0.2, 0) is 14.4 Å². The van der Waals surface area contributed by atoms with E-state index in [0.29, 0.717) is 12.8 Å². The van der Waals surface area contributed by atoms with Crippen LogP contribution >= 0.6 is 0 Å². The standard InChI is InChI=1S/C9H15NO5/c1-3-5(4-2)7(11)10-6(8(12)13)9(14)15/h5-6H,3-4H2,1-2H3,(H,10,11)(H,12,13)(H,14,15). The molecule has 0 rings (SSSR count). The van der Waals surface area contributed by atoms with Gasteiger partial charge in [-0.15, -0.1) is 0 Å². The van der Waals surface area contributed by atoms with Crippen LogP contribution in [0.2, 0.25) is 0 Å². The zero-order valence-corrected chi connectivity index (χ0v) is 8.69. The van der Waals surface area contributed by atoms with Crippen LogP contribution in [0.4, 0.5) is 0 Å².